The van der Waals surface area contributed by atoms with Crippen LogP contribution in [0.15, 0.2) is 65.2 Å². The Morgan fingerprint density at radius 1 is 1.17 bits per heavy atom. The van der Waals surface area contributed by atoms with Crippen molar-refractivity contribution in [3.05, 3.63) is 72.0 Å². The maximum atomic E-state index is 11.7. The van der Waals surface area contributed by atoms with E-state index in [2.05, 4.69) is 30.1 Å². The number of primary amides is 1. The minimum absolute atomic E-state index is 0.0505. The van der Waals surface area contributed by atoms with Crippen molar-refractivity contribution in [2.45, 2.75) is 0 Å². The van der Waals surface area contributed by atoms with Crippen LogP contribution in [0.5, 0.6) is 5.75 Å². The molecule has 0 aliphatic rings. The van der Waals surface area contributed by atoms with Crippen LogP contribution in [0.25, 0.3) is 21.6 Å². The minimum Gasteiger partial charge on any atom is -0.505 e. The number of phenols is 1. The first kappa shape index (κ1) is 17.7. The van der Waals surface area contributed by atoms with Gasteiger partial charge in [-0.1, -0.05) is 24.3 Å². The number of azo groups is 1. The van der Waals surface area contributed by atoms with Gasteiger partial charge in [-0.05, 0) is 17.5 Å². The van der Waals surface area contributed by atoms with Crippen molar-refractivity contribution < 1.29 is 9.90 Å². The van der Waals surface area contributed by atoms with Crippen LogP contribution in [-0.2, 0) is 0 Å². The van der Waals surface area contributed by atoms with Crippen LogP contribution in [0.4, 0.5) is 17.2 Å². The molecule has 29 heavy (non-hydrogen) atoms. The Morgan fingerprint density at radius 3 is 2.66 bits per heavy atom. The van der Waals surface area contributed by atoms with Gasteiger partial charge in [0.2, 0.25) is 0 Å². The van der Waals surface area contributed by atoms with Gasteiger partial charge in [0, 0.05) is 17.8 Å². The second kappa shape index (κ2) is 7.16. The molecule has 0 bridgehead atoms. The van der Waals surface area contributed by atoms with E-state index in [0.717, 1.165) is 0 Å². The van der Waals surface area contributed by atoms with Crippen LogP contribution in [0.1, 0.15) is 10.4 Å². The summed E-state index contributed by atoms with van der Waals surface area (Å²) in [6.45, 7) is 7.33. The number of benzene rings is 2. The third kappa shape index (κ3) is 3.13. The second-order valence-corrected chi connectivity index (χ2v) is 5.83. The Labute approximate surface area is 163 Å². The van der Waals surface area contributed by atoms with Crippen LogP contribution in [-0.4, -0.2) is 30.8 Å². The lowest BCUT2D eigenvalue weighted by atomic mass is 10.0. The minimum atomic E-state index is -0.797. The highest BCUT2D eigenvalue weighted by atomic mass is 16.3. The first-order valence-corrected chi connectivity index (χ1v) is 8.29. The number of carbonyl (C=O) groups is 1. The van der Waals surface area contributed by atoms with Gasteiger partial charge < -0.3 is 10.8 Å². The Balaban J connectivity index is 1.91. The number of nitrogens with two attached hydrogens (primary N) is 1. The van der Waals surface area contributed by atoms with Crippen molar-refractivity contribution in [2.24, 2.45) is 16.0 Å². The van der Waals surface area contributed by atoms with Gasteiger partial charge >= 0.3 is 0 Å². The summed E-state index contributed by atoms with van der Waals surface area (Å²) in [5.74, 6) is -0.906. The number of rotatable bonds is 4. The van der Waals surface area contributed by atoms with Gasteiger partial charge in [0.15, 0.2) is 11.6 Å². The molecule has 0 spiro atoms. The van der Waals surface area contributed by atoms with E-state index in [1.165, 1.54) is 29.3 Å². The van der Waals surface area contributed by atoms with Crippen molar-refractivity contribution in [2.75, 3.05) is 0 Å². The summed E-state index contributed by atoms with van der Waals surface area (Å²) >= 11 is 0. The Bertz CT molecular complexity index is 1310. The maximum absolute atomic E-state index is 11.7. The standard InChI is InChI=1S/C19H12N8O2/c1-21-14-10-24-27(19-22-7-4-8-23-19)18(14)26-25-15-12-6-3-2-5-11(12)9-13(16(15)28)17(20)29/h2-10,28H,(H2,20,29). The lowest BCUT2D eigenvalue weighted by molar-refractivity contribution is 0.0998. The first-order chi connectivity index (χ1) is 14.1. The molecule has 0 aliphatic heterocycles. The molecule has 0 unspecified atom stereocenters. The molecule has 0 atom stereocenters. The van der Waals surface area contributed by atoms with E-state index < -0.39 is 11.7 Å². The predicted octanol–water partition coefficient (Wildman–Crippen LogP) is 3.59. The van der Waals surface area contributed by atoms with E-state index in [0.29, 0.717) is 10.8 Å². The normalized spacial score (nSPS) is 11.0. The lowest BCUT2D eigenvalue weighted by Gasteiger charge is -2.08. The van der Waals surface area contributed by atoms with E-state index in [9.17, 15) is 9.90 Å². The number of hydrogen-bond donors (Lipinski definition) is 2. The molecule has 2 aromatic heterocycles. The number of amides is 1. The molecule has 140 valence electrons. The predicted molar refractivity (Wildman–Crippen MR) is 104 cm³/mol. The monoisotopic (exact) mass is 384 g/mol. The van der Waals surface area contributed by atoms with Gasteiger partial charge in [-0.25, -0.2) is 14.8 Å². The fraction of sp³-hybridized carbons (Fsp3) is 0. The van der Waals surface area contributed by atoms with Gasteiger partial charge in [-0.3, -0.25) is 4.79 Å². The van der Waals surface area contributed by atoms with Gasteiger partial charge in [0.25, 0.3) is 17.5 Å². The molecule has 0 aliphatic carbocycles. The average molecular weight is 384 g/mol. The summed E-state index contributed by atoms with van der Waals surface area (Å²) in [7, 11) is 0. The van der Waals surface area contributed by atoms with Crippen LogP contribution >= 0.6 is 0 Å². The van der Waals surface area contributed by atoms with E-state index in [-0.39, 0.29) is 28.7 Å². The first-order valence-electron chi connectivity index (χ1n) is 8.29. The smallest absolute Gasteiger partial charge is 0.252 e. The van der Waals surface area contributed by atoms with Gasteiger partial charge in [-0.15, -0.1) is 10.2 Å². The zero-order valence-electron chi connectivity index (χ0n) is 14.8. The maximum Gasteiger partial charge on any atom is 0.252 e. The molecule has 10 heteroatoms. The molecule has 0 fully saturated rings. The molecule has 2 heterocycles. The number of aromatic hydroxyl groups is 1. The van der Waals surface area contributed by atoms with E-state index in [4.69, 9.17) is 12.3 Å². The average Bonchev–Trinajstić information content (AvgIpc) is 3.16. The van der Waals surface area contributed by atoms with E-state index in [1.807, 2.05) is 0 Å². The molecule has 0 saturated heterocycles. The number of nitrogens with zero attached hydrogens (tertiary/aromatic N) is 7. The van der Waals surface area contributed by atoms with Crippen LogP contribution in [0, 0.1) is 6.57 Å². The highest BCUT2D eigenvalue weighted by Crippen LogP contribution is 2.40. The highest BCUT2D eigenvalue weighted by Gasteiger charge is 2.18. The summed E-state index contributed by atoms with van der Waals surface area (Å²) in [6, 6.07) is 10.2. The van der Waals surface area contributed by atoms with Gasteiger partial charge in [0.05, 0.1) is 18.3 Å². The highest BCUT2D eigenvalue weighted by molar-refractivity contribution is 6.06. The molecule has 1 amide bonds. The molecule has 10 nitrogen and oxygen atoms in total. The lowest BCUT2D eigenvalue weighted by Crippen LogP contribution is -2.11. The fourth-order valence-electron chi connectivity index (χ4n) is 2.76. The van der Waals surface area contributed by atoms with Crippen molar-refractivity contribution in [3.63, 3.8) is 0 Å². The number of fused-ring (bicyclic) bond motifs is 1. The Morgan fingerprint density at radius 2 is 1.93 bits per heavy atom. The van der Waals surface area contributed by atoms with E-state index in [1.54, 1.807) is 30.3 Å². The SMILES string of the molecule is [C-]#[N+]c1cnn(-c2ncccn2)c1N=Nc1c(O)c(C(N)=O)cc2ccccc12. The molecule has 0 saturated carbocycles. The fourth-order valence-corrected chi connectivity index (χ4v) is 2.76. The van der Waals surface area contributed by atoms with Crippen molar-refractivity contribution in [3.8, 4) is 11.7 Å². The summed E-state index contributed by atoms with van der Waals surface area (Å²) in [5.41, 5.74) is 5.46. The molecule has 0 radical (unpaired) electrons. The summed E-state index contributed by atoms with van der Waals surface area (Å²) < 4.78 is 1.26. The molecular weight excluding hydrogens is 372 g/mol. The number of hydrogen-bond acceptors (Lipinski definition) is 7. The zero-order valence-corrected chi connectivity index (χ0v) is 14.8. The quantitative estimate of drug-likeness (QED) is 0.409. The molecule has 4 rings (SSSR count). The second-order valence-electron chi connectivity index (χ2n) is 5.83. The zero-order chi connectivity index (χ0) is 20.4. The Hall–Kier alpha value is -4.65. The molecular formula is C19H12N8O2. The van der Waals surface area contributed by atoms with Crippen molar-refractivity contribution >= 4 is 33.9 Å². The summed E-state index contributed by atoms with van der Waals surface area (Å²) in [4.78, 5) is 23.3. The molecule has 4 aromatic rings. The summed E-state index contributed by atoms with van der Waals surface area (Å²) in [5, 5.41) is 24.1. The number of carbonyl (C=O) groups excluding carboxylic acids is 1. The largest absolute Gasteiger partial charge is 0.505 e. The molecule has 2 aromatic carbocycles. The van der Waals surface area contributed by atoms with Crippen LogP contribution in [0.2, 0.25) is 0 Å². The van der Waals surface area contributed by atoms with Crippen molar-refractivity contribution in [1.29, 1.82) is 0 Å². The van der Waals surface area contributed by atoms with Crippen molar-refractivity contribution in [1.82, 2.24) is 19.7 Å². The van der Waals surface area contributed by atoms with Gasteiger partial charge in [0.1, 0.15) is 5.69 Å². The topological polar surface area (TPSA) is 136 Å². The number of aromatic nitrogens is 4. The van der Waals surface area contributed by atoms with E-state index >= 15 is 0 Å². The third-order valence-corrected chi connectivity index (χ3v) is 4.09. The third-order valence-electron chi connectivity index (χ3n) is 4.09. The van der Waals surface area contributed by atoms with Crippen LogP contribution < -0.4 is 5.73 Å². The Kier molecular flexibility index (Phi) is 4.38. The van der Waals surface area contributed by atoms with Crippen LogP contribution in [0.3, 0.4) is 0 Å². The molecule has 3 N–H and O–H groups in total. The van der Waals surface area contributed by atoms with Gasteiger partial charge in [-0.2, -0.15) is 9.78 Å². The summed E-state index contributed by atoms with van der Waals surface area (Å²) in [6.07, 6.45) is 4.37.